The first-order chi connectivity index (χ1) is 16.6. The average Bonchev–Trinajstić information content (AvgIpc) is 3.32. The van der Waals surface area contributed by atoms with Gasteiger partial charge in [-0.25, -0.2) is 0 Å². The van der Waals surface area contributed by atoms with Gasteiger partial charge in [0.2, 0.25) is 0 Å². The third kappa shape index (κ3) is 6.20. The fourth-order valence-corrected chi connectivity index (χ4v) is 4.10. The lowest BCUT2D eigenvalue weighted by atomic mass is 10.1. The molecule has 0 radical (unpaired) electrons. The van der Waals surface area contributed by atoms with Crippen molar-refractivity contribution in [2.24, 2.45) is 0 Å². The summed E-state index contributed by atoms with van der Waals surface area (Å²) in [5.74, 6) is 0. The van der Waals surface area contributed by atoms with E-state index in [9.17, 15) is 13.2 Å². The summed E-state index contributed by atoms with van der Waals surface area (Å²) in [6.45, 7) is 4.41. The van der Waals surface area contributed by atoms with E-state index >= 15 is 0 Å². The molecule has 4 rings (SSSR count). The lowest BCUT2D eigenvalue weighted by molar-refractivity contribution is -0.137. The lowest BCUT2D eigenvalue weighted by Crippen LogP contribution is -2.19. The van der Waals surface area contributed by atoms with Gasteiger partial charge >= 0.3 is 6.18 Å². The topological polar surface area (TPSA) is 59.7 Å². The maximum Gasteiger partial charge on any atom is 0.416 e. The monoisotopic (exact) mass is 518 g/mol. The molecule has 0 saturated heterocycles. The maximum absolute atomic E-state index is 13.0. The Bertz CT molecular complexity index is 1360. The largest absolute Gasteiger partial charge is 0.416 e. The van der Waals surface area contributed by atoms with Gasteiger partial charge in [-0.05, 0) is 61.5 Å². The van der Waals surface area contributed by atoms with Crippen LogP contribution in [-0.4, -0.2) is 24.7 Å². The summed E-state index contributed by atoms with van der Waals surface area (Å²) in [4.78, 5) is 0. The minimum absolute atomic E-state index is 0.203. The van der Waals surface area contributed by atoms with Crippen molar-refractivity contribution < 1.29 is 13.2 Å². The van der Waals surface area contributed by atoms with Crippen LogP contribution in [-0.2, 0) is 19.3 Å². The van der Waals surface area contributed by atoms with Crippen LogP contribution in [0.5, 0.6) is 0 Å². The van der Waals surface area contributed by atoms with Crippen LogP contribution in [0, 0.1) is 13.8 Å². The zero-order valence-electron chi connectivity index (χ0n) is 18.9. The SMILES string of the molecule is Cc1nn(Cc2cccc(C(F)(F)F)c2)c(C)c1NC(=S)Nc1cnn(Cc2cccc(Cl)c2)c1. The predicted octanol–water partition coefficient (Wildman–Crippen LogP) is 6.27. The highest BCUT2D eigenvalue weighted by Gasteiger charge is 2.30. The summed E-state index contributed by atoms with van der Waals surface area (Å²) in [5, 5.41) is 16.1. The number of hydrogen-bond donors (Lipinski definition) is 2. The summed E-state index contributed by atoms with van der Waals surface area (Å²) in [6.07, 6.45) is -0.904. The number of nitrogens with zero attached hydrogens (tertiary/aromatic N) is 4. The molecular formula is C24H22ClF3N6S. The highest BCUT2D eigenvalue weighted by molar-refractivity contribution is 7.80. The quantitative estimate of drug-likeness (QED) is 0.294. The molecule has 0 aliphatic carbocycles. The molecule has 0 aliphatic heterocycles. The molecule has 0 spiro atoms. The van der Waals surface area contributed by atoms with Gasteiger partial charge in [0.05, 0.1) is 47.6 Å². The van der Waals surface area contributed by atoms with Gasteiger partial charge in [0, 0.05) is 11.2 Å². The van der Waals surface area contributed by atoms with E-state index in [4.69, 9.17) is 23.8 Å². The van der Waals surface area contributed by atoms with E-state index in [2.05, 4.69) is 20.8 Å². The number of aromatic nitrogens is 4. The molecule has 11 heteroatoms. The molecule has 4 aromatic rings. The third-order valence-electron chi connectivity index (χ3n) is 5.33. The van der Waals surface area contributed by atoms with Crippen molar-refractivity contribution in [2.75, 3.05) is 10.6 Å². The zero-order chi connectivity index (χ0) is 25.2. The van der Waals surface area contributed by atoms with Crippen molar-refractivity contribution in [3.63, 3.8) is 0 Å². The number of thiocarbonyl (C=S) groups is 1. The molecule has 0 bridgehead atoms. The summed E-state index contributed by atoms with van der Waals surface area (Å²) in [6, 6.07) is 12.8. The number of hydrogen-bond acceptors (Lipinski definition) is 3. The average molecular weight is 519 g/mol. The predicted molar refractivity (Wildman–Crippen MR) is 135 cm³/mol. The first-order valence-corrected chi connectivity index (χ1v) is 11.4. The van der Waals surface area contributed by atoms with E-state index in [-0.39, 0.29) is 6.54 Å². The molecule has 2 aromatic carbocycles. The Labute approximate surface area is 210 Å². The minimum Gasteiger partial charge on any atom is -0.330 e. The Morgan fingerprint density at radius 1 is 1.03 bits per heavy atom. The second kappa shape index (κ2) is 10.1. The van der Waals surface area contributed by atoms with Crippen LogP contribution in [0.15, 0.2) is 60.9 Å². The second-order valence-electron chi connectivity index (χ2n) is 8.04. The molecule has 35 heavy (non-hydrogen) atoms. The Hall–Kier alpha value is -3.37. The highest BCUT2D eigenvalue weighted by Crippen LogP contribution is 2.30. The van der Waals surface area contributed by atoms with Crippen molar-refractivity contribution in [1.82, 2.24) is 19.6 Å². The molecule has 0 aliphatic rings. The Morgan fingerprint density at radius 3 is 2.46 bits per heavy atom. The van der Waals surface area contributed by atoms with Gasteiger partial charge in [0.15, 0.2) is 5.11 Å². The fourth-order valence-electron chi connectivity index (χ4n) is 3.66. The van der Waals surface area contributed by atoms with E-state index in [0.29, 0.717) is 39.3 Å². The van der Waals surface area contributed by atoms with Crippen molar-refractivity contribution in [3.8, 4) is 0 Å². The first-order valence-electron chi connectivity index (χ1n) is 10.6. The van der Waals surface area contributed by atoms with Crippen LogP contribution in [0.25, 0.3) is 0 Å². The normalized spacial score (nSPS) is 11.5. The summed E-state index contributed by atoms with van der Waals surface area (Å²) >= 11 is 11.5. The van der Waals surface area contributed by atoms with E-state index in [1.807, 2.05) is 44.3 Å². The van der Waals surface area contributed by atoms with Gasteiger partial charge in [-0.3, -0.25) is 9.36 Å². The molecular weight excluding hydrogens is 497 g/mol. The third-order valence-corrected chi connectivity index (χ3v) is 5.77. The standard InChI is InChI=1S/C24H22ClF3N6S/c1-15-22(16(2)34(32-15)13-17-5-3-7-19(9-17)24(26,27)28)31-23(35)30-21-11-29-33(14-21)12-18-6-4-8-20(25)10-18/h3-11,14H,12-13H2,1-2H3,(H2,30,31,35). The highest BCUT2D eigenvalue weighted by atomic mass is 35.5. The molecule has 182 valence electrons. The summed E-state index contributed by atoms with van der Waals surface area (Å²) in [5.41, 5.74) is 3.67. The van der Waals surface area contributed by atoms with E-state index in [1.54, 1.807) is 21.6 Å². The van der Waals surface area contributed by atoms with Crippen LogP contribution in [0.2, 0.25) is 5.02 Å². The van der Waals surface area contributed by atoms with Crippen LogP contribution >= 0.6 is 23.8 Å². The summed E-state index contributed by atoms with van der Waals surface area (Å²) in [7, 11) is 0. The molecule has 2 aromatic heterocycles. The molecule has 0 unspecified atom stereocenters. The lowest BCUT2D eigenvalue weighted by Gasteiger charge is -2.11. The Morgan fingerprint density at radius 2 is 1.74 bits per heavy atom. The van der Waals surface area contributed by atoms with Crippen LogP contribution in [0.4, 0.5) is 24.5 Å². The first kappa shape index (κ1) is 24.7. The summed E-state index contributed by atoms with van der Waals surface area (Å²) < 4.78 is 42.5. The van der Waals surface area contributed by atoms with Crippen LogP contribution in [0.1, 0.15) is 28.1 Å². The molecule has 0 saturated carbocycles. The van der Waals surface area contributed by atoms with Gasteiger partial charge in [-0.15, -0.1) is 0 Å². The number of aryl methyl sites for hydroxylation is 1. The number of anilines is 2. The van der Waals surface area contributed by atoms with E-state index < -0.39 is 11.7 Å². The van der Waals surface area contributed by atoms with Crippen molar-refractivity contribution in [1.29, 1.82) is 0 Å². The van der Waals surface area contributed by atoms with Crippen molar-refractivity contribution >= 4 is 40.3 Å². The van der Waals surface area contributed by atoms with E-state index in [0.717, 1.165) is 23.4 Å². The number of alkyl halides is 3. The number of nitrogens with one attached hydrogen (secondary N) is 2. The number of rotatable bonds is 6. The van der Waals surface area contributed by atoms with Gasteiger partial charge in [-0.1, -0.05) is 35.9 Å². The fraction of sp³-hybridized carbons (Fsp3) is 0.208. The number of halogens is 4. The molecule has 2 heterocycles. The minimum atomic E-state index is -4.39. The number of benzene rings is 2. The van der Waals surface area contributed by atoms with Gasteiger partial charge in [0.1, 0.15) is 0 Å². The molecule has 0 amide bonds. The molecule has 2 N–H and O–H groups in total. The smallest absolute Gasteiger partial charge is 0.330 e. The van der Waals surface area contributed by atoms with Gasteiger partial charge in [0.25, 0.3) is 0 Å². The van der Waals surface area contributed by atoms with Crippen LogP contribution in [0.3, 0.4) is 0 Å². The zero-order valence-corrected chi connectivity index (χ0v) is 20.5. The molecule has 6 nitrogen and oxygen atoms in total. The molecule has 0 atom stereocenters. The van der Waals surface area contributed by atoms with Gasteiger partial charge < -0.3 is 10.6 Å². The second-order valence-corrected chi connectivity index (χ2v) is 8.88. The molecule has 0 fully saturated rings. The maximum atomic E-state index is 13.0. The van der Waals surface area contributed by atoms with Crippen molar-refractivity contribution in [2.45, 2.75) is 33.1 Å². The van der Waals surface area contributed by atoms with Gasteiger partial charge in [-0.2, -0.15) is 23.4 Å². The Balaban J connectivity index is 1.41. The Kier molecular flexibility index (Phi) is 7.13. The van der Waals surface area contributed by atoms with Crippen molar-refractivity contribution in [3.05, 3.63) is 94.0 Å². The van der Waals surface area contributed by atoms with E-state index in [1.165, 1.54) is 6.07 Å². The van der Waals surface area contributed by atoms with Crippen LogP contribution < -0.4 is 10.6 Å².